The molecule has 0 radical (unpaired) electrons. The second-order valence-corrected chi connectivity index (χ2v) is 14.5. The van der Waals surface area contributed by atoms with Gasteiger partial charge in [-0.3, -0.25) is 0 Å². The second kappa shape index (κ2) is 11.4. The molecule has 10 rings (SSSR count). The van der Waals surface area contributed by atoms with Crippen LogP contribution in [0.25, 0.3) is 88.0 Å². The number of rotatable bonds is 4. The first-order valence-electron chi connectivity index (χ1n) is 17.9. The van der Waals surface area contributed by atoms with Gasteiger partial charge in [-0.15, -0.1) is 0 Å². The standard InChI is InChI=1S/C51H36/c1-51(2)47-26-13-12-21-39(47)40-28-27-37(32-48(40)51)34-19-14-20-38(29-34)49-41-22-8-10-24-43(41)50(44-25-11-9-23-42(44)49)46-31-36-18-7-6-17-35(36)30-45(46)33-15-4-3-5-16-33/h3-32H,1-2H3. The molecular formula is C51H36. The minimum Gasteiger partial charge on any atom is -0.0622 e. The lowest BCUT2D eigenvalue weighted by Gasteiger charge is -2.22. The average Bonchev–Trinajstić information content (AvgIpc) is 3.42. The van der Waals surface area contributed by atoms with Crippen molar-refractivity contribution in [2.24, 2.45) is 0 Å². The molecule has 0 N–H and O–H groups in total. The summed E-state index contributed by atoms with van der Waals surface area (Å²) in [6, 6.07) is 67.5. The molecule has 0 heteroatoms. The molecule has 51 heavy (non-hydrogen) atoms. The Hall–Kier alpha value is -6.24. The molecule has 9 aromatic carbocycles. The third-order valence-electron chi connectivity index (χ3n) is 11.2. The third kappa shape index (κ3) is 4.60. The predicted molar refractivity (Wildman–Crippen MR) is 218 cm³/mol. The minimum absolute atomic E-state index is 0.0385. The van der Waals surface area contributed by atoms with Gasteiger partial charge in [-0.05, 0) is 123 Å². The molecule has 0 aliphatic heterocycles. The van der Waals surface area contributed by atoms with E-state index in [-0.39, 0.29) is 5.41 Å². The number of hydrogen-bond acceptors (Lipinski definition) is 0. The van der Waals surface area contributed by atoms with Gasteiger partial charge in [-0.25, -0.2) is 0 Å². The van der Waals surface area contributed by atoms with E-state index in [1.54, 1.807) is 0 Å². The van der Waals surface area contributed by atoms with E-state index >= 15 is 0 Å². The van der Waals surface area contributed by atoms with E-state index in [0.29, 0.717) is 0 Å². The molecule has 0 fully saturated rings. The van der Waals surface area contributed by atoms with Gasteiger partial charge in [0.25, 0.3) is 0 Å². The third-order valence-corrected chi connectivity index (χ3v) is 11.2. The summed E-state index contributed by atoms with van der Waals surface area (Å²) in [4.78, 5) is 0. The summed E-state index contributed by atoms with van der Waals surface area (Å²) in [7, 11) is 0. The van der Waals surface area contributed by atoms with Gasteiger partial charge < -0.3 is 0 Å². The van der Waals surface area contributed by atoms with Gasteiger partial charge in [0.15, 0.2) is 0 Å². The molecule has 0 unspecified atom stereocenters. The van der Waals surface area contributed by atoms with Gasteiger partial charge in [-0.2, -0.15) is 0 Å². The van der Waals surface area contributed by atoms with Crippen LogP contribution in [0.1, 0.15) is 25.0 Å². The zero-order valence-corrected chi connectivity index (χ0v) is 28.8. The van der Waals surface area contributed by atoms with Crippen LogP contribution in [0.3, 0.4) is 0 Å². The zero-order valence-electron chi connectivity index (χ0n) is 28.8. The van der Waals surface area contributed by atoms with Crippen LogP contribution in [-0.2, 0) is 5.41 Å². The Morgan fingerprint density at radius 2 is 0.804 bits per heavy atom. The van der Waals surface area contributed by atoms with E-state index in [1.807, 2.05) is 0 Å². The zero-order chi connectivity index (χ0) is 34.1. The quantitative estimate of drug-likeness (QED) is 0.167. The van der Waals surface area contributed by atoms with Crippen LogP contribution in [-0.4, -0.2) is 0 Å². The molecule has 9 aromatic rings. The summed E-state index contributed by atoms with van der Waals surface area (Å²) in [5.41, 5.74) is 15.5. The second-order valence-electron chi connectivity index (χ2n) is 14.5. The number of benzene rings is 9. The van der Waals surface area contributed by atoms with Gasteiger partial charge >= 0.3 is 0 Å². The molecule has 0 aromatic heterocycles. The Balaban J connectivity index is 1.21. The maximum atomic E-state index is 2.43. The van der Waals surface area contributed by atoms with E-state index in [4.69, 9.17) is 0 Å². The van der Waals surface area contributed by atoms with Gasteiger partial charge in [0.2, 0.25) is 0 Å². The lowest BCUT2D eigenvalue weighted by molar-refractivity contribution is 0.660. The van der Waals surface area contributed by atoms with Crippen LogP contribution in [0, 0.1) is 0 Å². The average molecular weight is 649 g/mol. The van der Waals surface area contributed by atoms with E-state index < -0.39 is 0 Å². The number of fused-ring (bicyclic) bond motifs is 6. The fourth-order valence-corrected chi connectivity index (χ4v) is 8.77. The van der Waals surface area contributed by atoms with Gasteiger partial charge in [0.1, 0.15) is 0 Å². The highest BCUT2D eigenvalue weighted by molar-refractivity contribution is 6.23. The number of hydrogen-bond donors (Lipinski definition) is 0. The molecule has 0 heterocycles. The van der Waals surface area contributed by atoms with Gasteiger partial charge in [0, 0.05) is 5.41 Å². The van der Waals surface area contributed by atoms with Crippen molar-refractivity contribution in [3.05, 3.63) is 193 Å². The molecular weight excluding hydrogens is 613 g/mol. The fourth-order valence-electron chi connectivity index (χ4n) is 8.77. The highest BCUT2D eigenvalue weighted by atomic mass is 14.4. The van der Waals surface area contributed by atoms with Crippen molar-refractivity contribution in [2.45, 2.75) is 19.3 Å². The maximum absolute atomic E-state index is 2.43. The summed E-state index contributed by atoms with van der Waals surface area (Å²) in [5.74, 6) is 0. The molecule has 1 aliphatic rings. The van der Waals surface area contributed by atoms with E-state index in [2.05, 4.69) is 196 Å². The Kier molecular flexibility index (Phi) is 6.63. The summed E-state index contributed by atoms with van der Waals surface area (Å²) in [6.07, 6.45) is 0. The lowest BCUT2D eigenvalue weighted by Crippen LogP contribution is -2.14. The Labute approximate surface area is 299 Å². The van der Waals surface area contributed by atoms with Crippen LogP contribution >= 0.6 is 0 Å². The van der Waals surface area contributed by atoms with Crippen molar-refractivity contribution in [3.8, 4) is 55.6 Å². The smallest absolute Gasteiger partial charge is 0.0159 e. The Morgan fingerprint density at radius 1 is 0.294 bits per heavy atom. The molecule has 0 atom stereocenters. The minimum atomic E-state index is -0.0385. The molecule has 0 amide bonds. The molecule has 0 spiro atoms. The van der Waals surface area contributed by atoms with Crippen molar-refractivity contribution in [3.63, 3.8) is 0 Å². The molecule has 1 aliphatic carbocycles. The van der Waals surface area contributed by atoms with Crippen LogP contribution in [0.4, 0.5) is 0 Å². The first-order valence-corrected chi connectivity index (χ1v) is 17.9. The van der Waals surface area contributed by atoms with E-state index in [0.717, 1.165) is 0 Å². The highest BCUT2D eigenvalue weighted by Crippen LogP contribution is 2.50. The Morgan fingerprint density at radius 3 is 1.51 bits per heavy atom. The van der Waals surface area contributed by atoms with Gasteiger partial charge in [0.05, 0.1) is 0 Å². The molecule has 0 saturated carbocycles. The van der Waals surface area contributed by atoms with Crippen LogP contribution in [0.5, 0.6) is 0 Å². The highest BCUT2D eigenvalue weighted by Gasteiger charge is 2.35. The van der Waals surface area contributed by atoms with Gasteiger partial charge in [-0.1, -0.05) is 172 Å². The fraction of sp³-hybridized carbons (Fsp3) is 0.0588. The van der Waals surface area contributed by atoms with Crippen molar-refractivity contribution < 1.29 is 0 Å². The SMILES string of the molecule is CC1(C)c2ccccc2-c2ccc(-c3cccc(-c4c5ccccc5c(-c5cc6ccccc6cc5-c5ccccc5)c5ccccc45)c3)cc21. The first kappa shape index (κ1) is 29.7. The van der Waals surface area contributed by atoms with Crippen LogP contribution in [0.15, 0.2) is 182 Å². The molecule has 0 nitrogen and oxygen atoms in total. The summed E-state index contributed by atoms with van der Waals surface area (Å²) in [6.45, 7) is 4.72. The summed E-state index contributed by atoms with van der Waals surface area (Å²) in [5, 5.41) is 7.56. The topological polar surface area (TPSA) is 0 Å². The molecule has 0 saturated heterocycles. The summed E-state index contributed by atoms with van der Waals surface area (Å²) < 4.78 is 0. The lowest BCUT2D eigenvalue weighted by atomic mass is 9.81. The van der Waals surface area contributed by atoms with E-state index in [1.165, 1.54) is 99.1 Å². The van der Waals surface area contributed by atoms with Crippen molar-refractivity contribution >= 4 is 32.3 Å². The molecule has 240 valence electrons. The van der Waals surface area contributed by atoms with Crippen molar-refractivity contribution in [2.75, 3.05) is 0 Å². The Bertz CT molecular complexity index is 2760. The predicted octanol–water partition coefficient (Wildman–Crippen LogP) is 14.1. The monoisotopic (exact) mass is 648 g/mol. The first-order chi connectivity index (χ1) is 25.1. The molecule has 0 bridgehead atoms. The summed E-state index contributed by atoms with van der Waals surface area (Å²) >= 11 is 0. The maximum Gasteiger partial charge on any atom is 0.0159 e. The van der Waals surface area contributed by atoms with Crippen LogP contribution < -0.4 is 0 Å². The normalized spacial score (nSPS) is 13.1. The van der Waals surface area contributed by atoms with Crippen LogP contribution in [0.2, 0.25) is 0 Å². The largest absolute Gasteiger partial charge is 0.0622 e. The van der Waals surface area contributed by atoms with Crippen molar-refractivity contribution in [1.29, 1.82) is 0 Å². The van der Waals surface area contributed by atoms with Crippen molar-refractivity contribution in [1.82, 2.24) is 0 Å². The van der Waals surface area contributed by atoms with E-state index in [9.17, 15) is 0 Å².